The first-order valence-corrected chi connectivity index (χ1v) is 11.6. The van der Waals surface area contributed by atoms with Crippen molar-refractivity contribution < 1.29 is 9.53 Å². The van der Waals surface area contributed by atoms with E-state index in [9.17, 15) is 4.79 Å². The number of fused-ring (bicyclic) bond motifs is 1. The van der Waals surface area contributed by atoms with Crippen LogP contribution in [-0.4, -0.2) is 28.4 Å². The fraction of sp³-hybridized carbons (Fsp3) is 0.259. The van der Waals surface area contributed by atoms with Crippen LogP contribution in [0, 0.1) is 0 Å². The highest BCUT2D eigenvalue weighted by atomic mass is 35.5. The minimum absolute atomic E-state index is 0.0437. The van der Waals surface area contributed by atoms with Gasteiger partial charge in [-0.05, 0) is 67.8 Å². The van der Waals surface area contributed by atoms with Gasteiger partial charge in [0.15, 0.2) is 0 Å². The van der Waals surface area contributed by atoms with Gasteiger partial charge in [0.05, 0.1) is 18.5 Å². The zero-order valence-corrected chi connectivity index (χ0v) is 19.9. The summed E-state index contributed by atoms with van der Waals surface area (Å²) in [6.07, 6.45) is 3.91. The maximum atomic E-state index is 12.5. The molecule has 0 spiro atoms. The van der Waals surface area contributed by atoms with E-state index in [0.717, 1.165) is 45.9 Å². The van der Waals surface area contributed by atoms with E-state index in [4.69, 9.17) is 21.3 Å². The predicted molar refractivity (Wildman–Crippen MR) is 134 cm³/mol. The lowest BCUT2D eigenvalue weighted by atomic mass is 10.1. The molecule has 1 amide bonds. The number of hydrogen-bond acceptors (Lipinski definition) is 3. The number of rotatable bonds is 8. The van der Waals surface area contributed by atoms with Crippen LogP contribution in [0.15, 0.2) is 66.9 Å². The maximum Gasteiger partial charge on any atom is 0.220 e. The summed E-state index contributed by atoms with van der Waals surface area (Å²) in [4.78, 5) is 17.4. The predicted octanol–water partition coefficient (Wildman–Crippen LogP) is 6.18. The van der Waals surface area contributed by atoms with Crippen LogP contribution in [0.5, 0.6) is 5.75 Å². The summed E-state index contributed by atoms with van der Waals surface area (Å²) in [7, 11) is 1.65. The average molecular weight is 462 g/mol. The summed E-state index contributed by atoms with van der Waals surface area (Å²) in [6.45, 7) is 4.08. The number of nitrogens with zero attached hydrogens (tertiary/aromatic N) is 2. The van der Waals surface area contributed by atoms with Gasteiger partial charge in [-0.2, -0.15) is 0 Å². The number of ether oxygens (including phenoxy) is 1. The summed E-state index contributed by atoms with van der Waals surface area (Å²) < 4.78 is 7.38. The molecule has 33 heavy (non-hydrogen) atoms. The number of halogens is 1. The van der Waals surface area contributed by atoms with Crippen LogP contribution < -0.4 is 10.1 Å². The SMILES string of the molecule is CC[C@@H](C)NC(=O)CCc1c(-c2ccc(OC)cc2)nc2ccc(-c3ccccc3Cl)cn12. The van der Waals surface area contributed by atoms with Crippen molar-refractivity contribution in [2.45, 2.75) is 39.2 Å². The molecule has 4 rings (SSSR count). The molecule has 0 saturated carbocycles. The van der Waals surface area contributed by atoms with Crippen molar-refractivity contribution in [3.8, 4) is 28.1 Å². The van der Waals surface area contributed by atoms with Gasteiger partial charge in [-0.15, -0.1) is 0 Å². The Morgan fingerprint density at radius 3 is 2.52 bits per heavy atom. The molecule has 5 nitrogen and oxygen atoms in total. The molecule has 170 valence electrons. The molecule has 0 unspecified atom stereocenters. The second-order valence-corrected chi connectivity index (χ2v) is 8.55. The Morgan fingerprint density at radius 2 is 1.82 bits per heavy atom. The molecular weight excluding hydrogens is 434 g/mol. The fourth-order valence-electron chi connectivity index (χ4n) is 3.85. The molecule has 0 saturated heterocycles. The number of aryl methyl sites for hydroxylation is 1. The van der Waals surface area contributed by atoms with Crippen molar-refractivity contribution in [1.82, 2.24) is 14.7 Å². The quantitative estimate of drug-likeness (QED) is 0.341. The lowest BCUT2D eigenvalue weighted by Crippen LogP contribution is -2.32. The van der Waals surface area contributed by atoms with E-state index >= 15 is 0 Å². The van der Waals surface area contributed by atoms with Gasteiger partial charge in [-0.1, -0.05) is 36.7 Å². The summed E-state index contributed by atoms with van der Waals surface area (Å²) in [5.41, 5.74) is 5.62. The molecule has 6 heteroatoms. The molecule has 4 aromatic rings. The third-order valence-electron chi connectivity index (χ3n) is 5.87. The van der Waals surface area contributed by atoms with Crippen LogP contribution in [0.4, 0.5) is 0 Å². The number of aromatic nitrogens is 2. The van der Waals surface area contributed by atoms with Gasteiger partial charge in [0.2, 0.25) is 5.91 Å². The number of benzene rings is 2. The summed E-state index contributed by atoms with van der Waals surface area (Å²) in [5, 5.41) is 3.75. The Hall–Kier alpha value is -3.31. The number of pyridine rings is 1. The van der Waals surface area contributed by atoms with E-state index in [1.807, 2.05) is 67.6 Å². The first-order chi connectivity index (χ1) is 16.0. The third kappa shape index (κ3) is 5.04. The van der Waals surface area contributed by atoms with Crippen molar-refractivity contribution >= 4 is 23.2 Å². The van der Waals surface area contributed by atoms with Crippen molar-refractivity contribution in [2.24, 2.45) is 0 Å². The lowest BCUT2D eigenvalue weighted by Gasteiger charge is -2.12. The van der Waals surface area contributed by atoms with Gasteiger partial charge < -0.3 is 14.5 Å². The number of amides is 1. The van der Waals surface area contributed by atoms with E-state index in [1.165, 1.54) is 0 Å². The lowest BCUT2D eigenvalue weighted by molar-refractivity contribution is -0.121. The Balaban J connectivity index is 1.77. The first kappa shape index (κ1) is 22.9. The molecule has 2 aromatic heterocycles. The maximum absolute atomic E-state index is 12.5. The zero-order valence-electron chi connectivity index (χ0n) is 19.1. The molecule has 0 radical (unpaired) electrons. The number of nitrogens with one attached hydrogen (secondary N) is 1. The number of carbonyl (C=O) groups is 1. The van der Waals surface area contributed by atoms with Crippen LogP contribution in [0.2, 0.25) is 5.02 Å². The summed E-state index contributed by atoms with van der Waals surface area (Å²) >= 11 is 6.45. The monoisotopic (exact) mass is 461 g/mol. The molecule has 0 aliphatic heterocycles. The van der Waals surface area contributed by atoms with E-state index in [2.05, 4.69) is 22.8 Å². The van der Waals surface area contributed by atoms with Crippen LogP contribution >= 0.6 is 11.6 Å². The highest BCUT2D eigenvalue weighted by Crippen LogP contribution is 2.31. The molecule has 0 aliphatic carbocycles. The first-order valence-electron chi connectivity index (χ1n) is 11.2. The Bertz CT molecular complexity index is 1260. The fourth-order valence-corrected chi connectivity index (χ4v) is 4.09. The largest absolute Gasteiger partial charge is 0.497 e. The van der Waals surface area contributed by atoms with Gasteiger partial charge in [0.1, 0.15) is 11.4 Å². The Labute approximate surface area is 199 Å². The van der Waals surface area contributed by atoms with Crippen LogP contribution in [-0.2, 0) is 11.2 Å². The highest BCUT2D eigenvalue weighted by Gasteiger charge is 2.17. The minimum Gasteiger partial charge on any atom is -0.497 e. The zero-order chi connectivity index (χ0) is 23.4. The van der Waals surface area contributed by atoms with Crippen LogP contribution in [0.3, 0.4) is 0 Å². The van der Waals surface area contributed by atoms with Gasteiger partial charge in [-0.25, -0.2) is 4.98 Å². The van der Waals surface area contributed by atoms with E-state index < -0.39 is 0 Å². The second-order valence-electron chi connectivity index (χ2n) is 8.14. The second kappa shape index (κ2) is 10.1. The van der Waals surface area contributed by atoms with Gasteiger partial charge in [0.25, 0.3) is 0 Å². The molecule has 0 fully saturated rings. The normalized spacial score (nSPS) is 12.0. The van der Waals surface area contributed by atoms with Crippen molar-refractivity contribution in [2.75, 3.05) is 7.11 Å². The minimum atomic E-state index is 0.0437. The van der Waals surface area contributed by atoms with E-state index in [-0.39, 0.29) is 11.9 Å². The smallest absolute Gasteiger partial charge is 0.220 e. The van der Waals surface area contributed by atoms with Gasteiger partial charge in [0, 0.05) is 34.8 Å². The van der Waals surface area contributed by atoms with Crippen LogP contribution in [0.1, 0.15) is 32.4 Å². The molecule has 1 atom stereocenters. The molecular formula is C27H28ClN3O2. The molecule has 1 N–H and O–H groups in total. The standard InChI is InChI=1S/C27H28ClN3O2/c1-4-18(2)29-26(32)16-14-24-27(19-9-12-21(33-3)13-10-19)30-25-15-11-20(17-31(24)25)22-7-5-6-8-23(22)28/h5-13,15,17-18H,4,14,16H2,1-3H3,(H,29,32)/t18-/m1/s1. The van der Waals surface area contributed by atoms with Crippen molar-refractivity contribution in [1.29, 1.82) is 0 Å². The Morgan fingerprint density at radius 1 is 1.09 bits per heavy atom. The van der Waals surface area contributed by atoms with E-state index in [1.54, 1.807) is 7.11 Å². The summed E-state index contributed by atoms with van der Waals surface area (Å²) in [6, 6.07) is 19.8. The number of hydrogen-bond donors (Lipinski definition) is 1. The Kier molecular flexibility index (Phi) is 6.99. The molecule has 2 aromatic carbocycles. The van der Waals surface area contributed by atoms with Gasteiger partial charge in [-0.3, -0.25) is 4.79 Å². The molecule has 0 aliphatic rings. The summed E-state index contributed by atoms with van der Waals surface area (Å²) in [5.74, 6) is 0.834. The topological polar surface area (TPSA) is 55.6 Å². The van der Waals surface area contributed by atoms with Crippen molar-refractivity contribution in [3.05, 3.63) is 77.6 Å². The van der Waals surface area contributed by atoms with E-state index in [0.29, 0.717) is 17.9 Å². The number of carbonyl (C=O) groups excluding carboxylic acids is 1. The third-order valence-corrected chi connectivity index (χ3v) is 6.20. The molecule has 2 heterocycles. The molecule has 0 bridgehead atoms. The van der Waals surface area contributed by atoms with Crippen LogP contribution in [0.25, 0.3) is 28.0 Å². The number of imidazole rings is 1. The average Bonchev–Trinajstić information content (AvgIpc) is 3.20. The number of methoxy groups -OCH3 is 1. The van der Waals surface area contributed by atoms with Crippen molar-refractivity contribution in [3.63, 3.8) is 0 Å². The highest BCUT2D eigenvalue weighted by molar-refractivity contribution is 6.33. The van der Waals surface area contributed by atoms with Gasteiger partial charge >= 0.3 is 0 Å².